The predicted molar refractivity (Wildman–Crippen MR) is 64.7 cm³/mol. The molecule has 2 N–H and O–H groups in total. The average Bonchev–Trinajstić information content (AvgIpc) is 2.12. The first-order chi connectivity index (χ1) is 8.30. The first-order valence-corrected chi connectivity index (χ1v) is 5.73. The number of alkyl halides is 3. The summed E-state index contributed by atoms with van der Waals surface area (Å²) in [5, 5.41) is 5.65. The van der Waals surface area contributed by atoms with Gasteiger partial charge in [0, 0.05) is 24.3 Å². The summed E-state index contributed by atoms with van der Waals surface area (Å²) in [4.78, 5) is 8.21. The molecule has 0 aliphatic rings. The molecule has 102 valence electrons. The Labute approximate surface area is 104 Å². The third-order valence-electron chi connectivity index (χ3n) is 2.12. The van der Waals surface area contributed by atoms with Crippen LogP contribution in [0.2, 0.25) is 0 Å². The second-order valence-electron chi connectivity index (χ2n) is 4.11. The van der Waals surface area contributed by atoms with Crippen LogP contribution in [0.3, 0.4) is 0 Å². The molecule has 0 spiro atoms. The van der Waals surface area contributed by atoms with Crippen LogP contribution in [0.25, 0.3) is 0 Å². The summed E-state index contributed by atoms with van der Waals surface area (Å²) in [6.07, 6.45) is -5.08. The number of anilines is 2. The van der Waals surface area contributed by atoms with Crippen LogP contribution in [0.5, 0.6) is 0 Å². The molecule has 0 saturated carbocycles. The smallest absolute Gasteiger partial charge is 0.367 e. The highest BCUT2D eigenvalue weighted by Gasteiger charge is 2.30. The number of hydrogen-bond donors (Lipinski definition) is 2. The Morgan fingerprint density at radius 3 is 2.56 bits per heavy atom. The highest BCUT2D eigenvalue weighted by molar-refractivity contribution is 5.42. The van der Waals surface area contributed by atoms with Gasteiger partial charge in [0.2, 0.25) is 5.95 Å². The Hall–Kier alpha value is -1.53. The van der Waals surface area contributed by atoms with Crippen LogP contribution in [-0.2, 0) is 0 Å². The van der Waals surface area contributed by atoms with Crippen molar-refractivity contribution in [2.24, 2.45) is 0 Å². The molecule has 0 saturated heterocycles. The van der Waals surface area contributed by atoms with Crippen LogP contribution in [0.1, 0.15) is 26.0 Å². The SMILES string of the molecule is CCNc1nc(C)cc(NC(C)CC(F)(F)F)n1. The van der Waals surface area contributed by atoms with Gasteiger partial charge in [-0.3, -0.25) is 0 Å². The second-order valence-corrected chi connectivity index (χ2v) is 4.11. The van der Waals surface area contributed by atoms with E-state index >= 15 is 0 Å². The van der Waals surface area contributed by atoms with E-state index < -0.39 is 18.6 Å². The minimum absolute atomic E-state index is 0.398. The molecular formula is C11H17F3N4. The maximum atomic E-state index is 12.2. The van der Waals surface area contributed by atoms with Gasteiger partial charge in [0.25, 0.3) is 0 Å². The zero-order chi connectivity index (χ0) is 13.8. The number of rotatable bonds is 5. The fraction of sp³-hybridized carbons (Fsp3) is 0.636. The van der Waals surface area contributed by atoms with Crippen LogP contribution >= 0.6 is 0 Å². The van der Waals surface area contributed by atoms with Crippen LogP contribution in [0, 0.1) is 6.92 Å². The average molecular weight is 262 g/mol. The summed E-state index contributed by atoms with van der Waals surface area (Å²) in [6.45, 7) is 5.78. The lowest BCUT2D eigenvalue weighted by Gasteiger charge is -2.17. The Morgan fingerprint density at radius 2 is 2.00 bits per heavy atom. The zero-order valence-electron chi connectivity index (χ0n) is 10.6. The van der Waals surface area contributed by atoms with Crippen molar-refractivity contribution in [2.45, 2.75) is 39.4 Å². The van der Waals surface area contributed by atoms with Gasteiger partial charge in [-0.05, 0) is 20.8 Å². The monoisotopic (exact) mass is 262 g/mol. The fourth-order valence-corrected chi connectivity index (χ4v) is 1.53. The highest BCUT2D eigenvalue weighted by atomic mass is 19.4. The molecule has 0 aromatic carbocycles. The number of halogens is 3. The third kappa shape index (κ3) is 5.20. The Kier molecular flexibility index (Phi) is 4.75. The zero-order valence-corrected chi connectivity index (χ0v) is 10.6. The number of aryl methyl sites for hydroxylation is 1. The van der Waals surface area contributed by atoms with Gasteiger partial charge in [-0.1, -0.05) is 0 Å². The van der Waals surface area contributed by atoms with Gasteiger partial charge >= 0.3 is 6.18 Å². The lowest BCUT2D eigenvalue weighted by atomic mass is 10.2. The molecule has 0 radical (unpaired) electrons. The van der Waals surface area contributed by atoms with Crippen molar-refractivity contribution < 1.29 is 13.2 Å². The Morgan fingerprint density at radius 1 is 1.33 bits per heavy atom. The third-order valence-corrected chi connectivity index (χ3v) is 2.12. The largest absolute Gasteiger partial charge is 0.391 e. The molecule has 18 heavy (non-hydrogen) atoms. The van der Waals surface area contributed by atoms with Crippen LogP contribution in [0.4, 0.5) is 24.9 Å². The van der Waals surface area contributed by atoms with Crippen molar-refractivity contribution in [3.8, 4) is 0 Å². The van der Waals surface area contributed by atoms with E-state index in [1.807, 2.05) is 6.92 Å². The van der Waals surface area contributed by atoms with E-state index in [1.54, 1.807) is 13.0 Å². The van der Waals surface area contributed by atoms with Gasteiger partial charge in [0.05, 0.1) is 6.42 Å². The number of aromatic nitrogens is 2. The summed E-state index contributed by atoms with van der Waals surface area (Å²) >= 11 is 0. The van der Waals surface area contributed by atoms with Gasteiger partial charge in [-0.2, -0.15) is 18.2 Å². The van der Waals surface area contributed by atoms with Crippen molar-refractivity contribution in [3.05, 3.63) is 11.8 Å². The van der Waals surface area contributed by atoms with Gasteiger partial charge in [0.1, 0.15) is 5.82 Å². The summed E-state index contributed by atoms with van der Waals surface area (Å²) in [7, 11) is 0. The van der Waals surface area contributed by atoms with Gasteiger partial charge in [-0.25, -0.2) is 4.98 Å². The molecule has 1 aromatic heterocycles. The normalized spacial score (nSPS) is 13.2. The topological polar surface area (TPSA) is 49.8 Å². The van der Waals surface area contributed by atoms with Crippen LogP contribution in [-0.4, -0.2) is 28.7 Å². The lowest BCUT2D eigenvalue weighted by molar-refractivity contribution is -0.136. The first-order valence-electron chi connectivity index (χ1n) is 5.73. The molecule has 1 unspecified atom stereocenters. The molecule has 1 heterocycles. The first kappa shape index (κ1) is 14.5. The van der Waals surface area contributed by atoms with Crippen LogP contribution in [0.15, 0.2) is 6.07 Å². The predicted octanol–water partition coefficient (Wildman–Crippen LogP) is 2.97. The van der Waals surface area contributed by atoms with Crippen molar-refractivity contribution >= 4 is 11.8 Å². The van der Waals surface area contributed by atoms with Crippen molar-refractivity contribution in [1.82, 2.24) is 9.97 Å². The number of hydrogen-bond acceptors (Lipinski definition) is 4. The molecule has 0 aliphatic carbocycles. The molecule has 4 nitrogen and oxygen atoms in total. The number of nitrogens with zero attached hydrogens (tertiary/aromatic N) is 2. The van der Waals surface area contributed by atoms with E-state index in [0.717, 1.165) is 0 Å². The van der Waals surface area contributed by atoms with Crippen LogP contribution < -0.4 is 10.6 Å². The minimum Gasteiger partial charge on any atom is -0.367 e. The molecule has 0 aliphatic heterocycles. The summed E-state index contributed by atoms with van der Waals surface area (Å²) < 4.78 is 36.6. The quantitative estimate of drug-likeness (QED) is 0.856. The highest BCUT2D eigenvalue weighted by Crippen LogP contribution is 2.23. The Balaban J connectivity index is 2.71. The van der Waals surface area contributed by atoms with E-state index in [1.165, 1.54) is 6.92 Å². The van der Waals surface area contributed by atoms with E-state index in [-0.39, 0.29) is 0 Å². The summed E-state index contributed by atoms with van der Waals surface area (Å²) in [5.41, 5.74) is 0.697. The molecular weight excluding hydrogens is 245 g/mol. The molecule has 1 rings (SSSR count). The van der Waals surface area contributed by atoms with Gasteiger partial charge < -0.3 is 10.6 Å². The maximum absolute atomic E-state index is 12.2. The van der Waals surface area contributed by atoms with Crippen molar-refractivity contribution in [3.63, 3.8) is 0 Å². The summed E-state index contributed by atoms with van der Waals surface area (Å²) in [6, 6.07) is 0.891. The van der Waals surface area contributed by atoms with Gasteiger partial charge in [0.15, 0.2) is 0 Å². The van der Waals surface area contributed by atoms with E-state index in [9.17, 15) is 13.2 Å². The molecule has 0 amide bonds. The molecule has 1 atom stereocenters. The second kappa shape index (κ2) is 5.88. The lowest BCUT2D eigenvalue weighted by Crippen LogP contribution is -2.24. The fourth-order valence-electron chi connectivity index (χ4n) is 1.53. The standard InChI is InChI=1S/C11H17F3N4/c1-4-15-10-17-7(2)5-9(18-10)16-8(3)6-11(12,13)14/h5,8H,4,6H2,1-3H3,(H2,15,16,17,18). The summed E-state index contributed by atoms with van der Waals surface area (Å²) in [5.74, 6) is 0.814. The molecule has 0 bridgehead atoms. The molecule has 0 fully saturated rings. The minimum atomic E-state index is -4.18. The van der Waals surface area contributed by atoms with E-state index in [4.69, 9.17) is 0 Å². The Bertz CT molecular complexity index is 392. The van der Waals surface area contributed by atoms with Crippen molar-refractivity contribution in [2.75, 3.05) is 17.2 Å². The molecule has 7 heteroatoms. The van der Waals surface area contributed by atoms with E-state index in [2.05, 4.69) is 20.6 Å². The van der Waals surface area contributed by atoms with Crippen molar-refractivity contribution in [1.29, 1.82) is 0 Å². The van der Waals surface area contributed by atoms with E-state index in [0.29, 0.717) is 24.0 Å². The van der Waals surface area contributed by atoms with Gasteiger partial charge in [-0.15, -0.1) is 0 Å². The maximum Gasteiger partial charge on any atom is 0.391 e. The number of nitrogens with one attached hydrogen (secondary N) is 2. The molecule has 1 aromatic rings.